The van der Waals surface area contributed by atoms with E-state index in [2.05, 4.69) is 25.7 Å². The van der Waals surface area contributed by atoms with Crippen molar-refractivity contribution in [1.29, 1.82) is 0 Å². The molecule has 1 aromatic heterocycles. The Morgan fingerprint density at radius 1 is 1.18 bits per heavy atom. The molecule has 6 heteroatoms. The Balaban J connectivity index is 2.38. The van der Waals surface area contributed by atoms with E-state index in [1.807, 2.05) is 18.2 Å². The van der Waals surface area contributed by atoms with Crippen molar-refractivity contribution in [3.63, 3.8) is 0 Å². The maximum absolute atomic E-state index is 11.5. The van der Waals surface area contributed by atoms with Crippen LogP contribution in [0.5, 0.6) is 0 Å². The second-order valence-corrected chi connectivity index (χ2v) is 9.52. The highest BCUT2D eigenvalue weighted by molar-refractivity contribution is 7.16. The lowest BCUT2D eigenvalue weighted by Crippen LogP contribution is -2.26. The molecule has 154 valence electrons. The zero-order valence-electron chi connectivity index (χ0n) is 17.2. The number of unbranched alkanes of at least 4 members (excludes halogenated alkanes) is 2. The smallest absolute Gasteiger partial charge is 0.186 e. The molecule has 0 unspecified atom stereocenters. The summed E-state index contributed by atoms with van der Waals surface area (Å²) in [6.07, 6.45) is 4.97. The summed E-state index contributed by atoms with van der Waals surface area (Å²) in [6.45, 7) is 9.93. The minimum Gasteiger partial charge on any atom is -0.348 e. The Bertz CT molecular complexity index is 789. The Labute approximate surface area is 183 Å². The van der Waals surface area contributed by atoms with Gasteiger partial charge in [0.2, 0.25) is 0 Å². The summed E-state index contributed by atoms with van der Waals surface area (Å²) >= 11 is 14.1. The first-order chi connectivity index (χ1) is 13.3. The number of nitrogens with zero attached hydrogens (tertiary/aromatic N) is 2. The monoisotopic (exact) mass is 440 g/mol. The average Bonchev–Trinajstić information content (AvgIpc) is 3.03. The summed E-state index contributed by atoms with van der Waals surface area (Å²) in [5.41, 5.74) is 1.98. The van der Waals surface area contributed by atoms with Gasteiger partial charge < -0.3 is 4.90 Å². The molecule has 0 aliphatic rings. The number of anilines is 1. The third-order valence-electron chi connectivity index (χ3n) is 4.51. The number of hydrogen-bond acceptors (Lipinski definition) is 4. The predicted octanol–water partition coefficient (Wildman–Crippen LogP) is 7.29. The van der Waals surface area contributed by atoms with E-state index in [0.29, 0.717) is 28.9 Å². The van der Waals surface area contributed by atoms with Gasteiger partial charge in [0.25, 0.3) is 0 Å². The van der Waals surface area contributed by atoms with Crippen molar-refractivity contribution in [3.05, 3.63) is 33.1 Å². The number of Topliss-reactive ketones (excluding diaryl/α,β-unsaturated/α-hetero) is 1. The van der Waals surface area contributed by atoms with Crippen molar-refractivity contribution in [2.24, 2.45) is 5.92 Å². The molecule has 0 saturated heterocycles. The standard InChI is InChI=1S/C22H30Cl2N2OS/c1-5-6-7-11-26(12-10-16(4)27)22-25-21(20(28-22)13-15(2)3)17-8-9-18(23)19(24)14-17/h8-9,14-15H,5-7,10-13H2,1-4H3. The summed E-state index contributed by atoms with van der Waals surface area (Å²) in [7, 11) is 0. The van der Waals surface area contributed by atoms with Crippen LogP contribution in [0.2, 0.25) is 10.0 Å². The summed E-state index contributed by atoms with van der Waals surface area (Å²) in [5, 5.41) is 2.09. The molecule has 2 aromatic rings. The maximum atomic E-state index is 11.5. The molecule has 28 heavy (non-hydrogen) atoms. The number of aromatic nitrogens is 1. The molecule has 0 aliphatic carbocycles. The van der Waals surface area contributed by atoms with Crippen LogP contribution in [-0.4, -0.2) is 23.9 Å². The average molecular weight is 441 g/mol. The Morgan fingerprint density at radius 2 is 1.93 bits per heavy atom. The van der Waals surface area contributed by atoms with Crippen LogP contribution >= 0.6 is 34.5 Å². The number of ketones is 1. The molecular formula is C22H30Cl2N2OS. The van der Waals surface area contributed by atoms with Gasteiger partial charge in [-0.05, 0) is 37.8 Å². The fraction of sp³-hybridized carbons (Fsp3) is 0.545. The van der Waals surface area contributed by atoms with Crippen LogP contribution in [-0.2, 0) is 11.2 Å². The molecule has 0 atom stereocenters. The normalized spacial score (nSPS) is 11.2. The molecule has 0 amide bonds. The van der Waals surface area contributed by atoms with Crippen LogP contribution in [0.15, 0.2) is 18.2 Å². The van der Waals surface area contributed by atoms with E-state index in [-0.39, 0.29) is 5.78 Å². The fourth-order valence-electron chi connectivity index (χ4n) is 3.00. The van der Waals surface area contributed by atoms with Gasteiger partial charge in [-0.3, -0.25) is 4.79 Å². The molecule has 0 fully saturated rings. The quantitative estimate of drug-likeness (QED) is 0.343. The van der Waals surface area contributed by atoms with E-state index >= 15 is 0 Å². The largest absolute Gasteiger partial charge is 0.348 e. The van der Waals surface area contributed by atoms with Crippen LogP contribution in [0, 0.1) is 5.92 Å². The first kappa shape index (κ1) is 23.2. The van der Waals surface area contributed by atoms with Crippen molar-refractivity contribution in [2.75, 3.05) is 18.0 Å². The lowest BCUT2D eigenvalue weighted by molar-refractivity contribution is -0.116. The van der Waals surface area contributed by atoms with Crippen molar-refractivity contribution < 1.29 is 4.79 Å². The number of benzene rings is 1. The van der Waals surface area contributed by atoms with E-state index in [0.717, 1.165) is 35.8 Å². The van der Waals surface area contributed by atoms with Gasteiger partial charge in [0.15, 0.2) is 5.13 Å². The van der Waals surface area contributed by atoms with Gasteiger partial charge >= 0.3 is 0 Å². The highest BCUT2D eigenvalue weighted by atomic mass is 35.5. The Morgan fingerprint density at radius 3 is 2.54 bits per heavy atom. The number of thiazole rings is 1. The van der Waals surface area contributed by atoms with Gasteiger partial charge in [-0.2, -0.15) is 0 Å². The summed E-state index contributed by atoms with van der Waals surface area (Å²) < 4.78 is 0. The summed E-state index contributed by atoms with van der Waals surface area (Å²) in [5.74, 6) is 0.741. The maximum Gasteiger partial charge on any atom is 0.186 e. The molecule has 0 bridgehead atoms. The van der Waals surface area contributed by atoms with Crippen LogP contribution in [0.4, 0.5) is 5.13 Å². The van der Waals surface area contributed by atoms with Crippen LogP contribution < -0.4 is 4.90 Å². The molecule has 3 nitrogen and oxygen atoms in total. The zero-order chi connectivity index (χ0) is 20.7. The van der Waals surface area contributed by atoms with Crippen molar-refractivity contribution in [3.8, 4) is 11.3 Å². The first-order valence-corrected chi connectivity index (χ1v) is 11.6. The number of halogens is 2. The molecule has 0 saturated carbocycles. The van der Waals surface area contributed by atoms with E-state index in [1.165, 1.54) is 17.7 Å². The summed E-state index contributed by atoms with van der Waals surface area (Å²) in [6, 6.07) is 5.70. The second-order valence-electron chi connectivity index (χ2n) is 7.64. The third kappa shape index (κ3) is 6.75. The number of carbonyl (C=O) groups is 1. The Hall–Kier alpha value is -1.10. The van der Waals surface area contributed by atoms with Gasteiger partial charge in [0.05, 0.1) is 15.7 Å². The Kier molecular flexibility index (Phi) is 9.26. The molecule has 2 rings (SSSR count). The van der Waals surface area contributed by atoms with E-state index in [4.69, 9.17) is 28.2 Å². The topological polar surface area (TPSA) is 33.2 Å². The third-order valence-corrected chi connectivity index (χ3v) is 6.39. The van der Waals surface area contributed by atoms with Crippen LogP contribution in [0.1, 0.15) is 58.3 Å². The van der Waals surface area contributed by atoms with Crippen molar-refractivity contribution in [2.45, 2.75) is 59.8 Å². The predicted molar refractivity (Wildman–Crippen MR) is 123 cm³/mol. The molecule has 0 N–H and O–H groups in total. The lowest BCUT2D eigenvalue weighted by Gasteiger charge is -2.21. The van der Waals surface area contributed by atoms with Gasteiger partial charge in [-0.15, -0.1) is 11.3 Å². The highest BCUT2D eigenvalue weighted by Crippen LogP contribution is 2.37. The van der Waals surface area contributed by atoms with Crippen molar-refractivity contribution in [1.82, 2.24) is 4.98 Å². The molecule has 0 spiro atoms. The number of rotatable bonds is 11. The van der Waals surface area contributed by atoms with Crippen molar-refractivity contribution >= 4 is 45.5 Å². The SMILES string of the molecule is CCCCCN(CCC(C)=O)c1nc(-c2ccc(Cl)c(Cl)c2)c(CC(C)C)s1. The molecule has 0 radical (unpaired) electrons. The van der Waals surface area contributed by atoms with Crippen LogP contribution in [0.25, 0.3) is 11.3 Å². The fourth-order valence-corrected chi connectivity index (χ4v) is 4.64. The highest BCUT2D eigenvalue weighted by Gasteiger charge is 2.19. The lowest BCUT2D eigenvalue weighted by atomic mass is 10.0. The minimum atomic E-state index is 0.212. The van der Waals surface area contributed by atoms with Gasteiger partial charge in [-0.25, -0.2) is 4.98 Å². The van der Waals surface area contributed by atoms with E-state index in [9.17, 15) is 4.79 Å². The second kappa shape index (κ2) is 11.2. The van der Waals surface area contributed by atoms with Gasteiger partial charge in [0, 0.05) is 30.0 Å². The molecular weight excluding hydrogens is 411 g/mol. The molecule has 1 heterocycles. The minimum absolute atomic E-state index is 0.212. The van der Waals surface area contributed by atoms with Gasteiger partial charge in [-0.1, -0.05) is 62.9 Å². The molecule has 0 aliphatic heterocycles. The molecule has 1 aromatic carbocycles. The first-order valence-electron chi connectivity index (χ1n) is 10.0. The van der Waals surface area contributed by atoms with E-state index in [1.54, 1.807) is 18.3 Å². The van der Waals surface area contributed by atoms with E-state index < -0.39 is 0 Å². The number of carbonyl (C=O) groups excluding carboxylic acids is 1. The van der Waals surface area contributed by atoms with Gasteiger partial charge in [0.1, 0.15) is 5.78 Å². The summed E-state index contributed by atoms with van der Waals surface area (Å²) in [4.78, 5) is 20.1. The number of hydrogen-bond donors (Lipinski definition) is 0. The van der Waals surface area contributed by atoms with Crippen LogP contribution in [0.3, 0.4) is 0 Å². The zero-order valence-corrected chi connectivity index (χ0v) is 19.6.